The van der Waals surface area contributed by atoms with E-state index in [1.54, 1.807) is 24.3 Å². The van der Waals surface area contributed by atoms with Crippen LogP contribution in [-0.2, 0) is 21.3 Å². The number of benzene rings is 2. The molecule has 0 aliphatic rings. The molecule has 0 N–H and O–H groups in total. The van der Waals surface area contributed by atoms with Gasteiger partial charge in [-0.25, -0.2) is 8.42 Å². The molecule has 1 unspecified atom stereocenters. The van der Waals surface area contributed by atoms with Crippen LogP contribution in [0.3, 0.4) is 0 Å². The van der Waals surface area contributed by atoms with Crippen LogP contribution in [-0.4, -0.2) is 24.9 Å². The third kappa shape index (κ3) is 4.68. The average molecular weight is 403 g/mol. The van der Waals surface area contributed by atoms with Crippen molar-refractivity contribution in [3.05, 3.63) is 74.3 Å². The Morgan fingerprint density at radius 2 is 1.72 bits per heavy atom. The lowest BCUT2D eigenvalue weighted by atomic mass is 10.2. The molecule has 0 amide bonds. The summed E-state index contributed by atoms with van der Waals surface area (Å²) < 4.78 is 24.6. The first-order valence-electron chi connectivity index (χ1n) is 6.85. The van der Waals surface area contributed by atoms with Crippen molar-refractivity contribution in [1.82, 2.24) is 0 Å². The van der Waals surface area contributed by atoms with E-state index in [1.165, 1.54) is 24.3 Å². The molecule has 0 spiro atoms. The first-order valence-corrected chi connectivity index (χ1v) is 9.15. The predicted molar refractivity (Wildman–Crippen MR) is 94.2 cm³/mol. The van der Waals surface area contributed by atoms with E-state index in [0.29, 0.717) is 21.8 Å². The van der Waals surface area contributed by atoms with Crippen LogP contribution < -0.4 is 0 Å². The second kappa shape index (κ2) is 8.28. The van der Waals surface area contributed by atoms with Crippen molar-refractivity contribution in [2.24, 2.45) is 5.16 Å². The van der Waals surface area contributed by atoms with Crippen molar-refractivity contribution in [3.8, 4) is 0 Å². The molecule has 2 aromatic carbocycles. The van der Waals surface area contributed by atoms with Gasteiger partial charge in [0.1, 0.15) is 12.8 Å². The molecule has 132 valence electrons. The molecule has 1 atom stereocenters. The zero-order valence-electron chi connectivity index (χ0n) is 12.6. The molecule has 7 nitrogen and oxygen atoms in total. The number of nitrogens with zero attached hydrogens (tertiary/aromatic N) is 2. The molecular formula is C15H12Cl2N2O5S. The number of oxime groups is 1. The summed E-state index contributed by atoms with van der Waals surface area (Å²) in [5.41, 5.74) is 0.437. The number of sulfone groups is 1. The Labute approximate surface area is 153 Å². The van der Waals surface area contributed by atoms with E-state index in [2.05, 4.69) is 5.16 Å². The Bertz CT molecular complexity index is 868. The third-order valence-electron chi connectivity index (χ3n) is 3.13. The molecule has 0 aliphatic carbocycles. The van der Waals surface area contributed by atoms with E-state index in [-0.39, 0.29) is 11.5 Å². The van der Waals surface area contributed by atoms with Crippen molar-refractivity contribution in [3.63, 3.8) is 0 Å². The number of hydrogen-bond donors (Lipinski definition) is 0. The predicted octanol–water partition coefficient (Wildman–Crippen LogP) is 3.57. The van der Waals surface area contributed by atoms with Gasteiger partial charge in [0.15, 0.2) is 0 Å². The Hall–Kier alpha value is -2.16. The molecule has 0 saturated carbocycles. The van der Waals surface area contributed by atoms with Crippen LogP contribution in [0.15, 0.2) is 58.6 Å². The van der Waals surface area contributed by atoms with Gasteiger partial charge in [0.25, 0.3) is 9.84 Å². The van der Waals surface area contributed by atoms with Gasteiger partial charge >= 0.3 is 5.37 Å². The van der Waals surface area contributed by atoms with E-state index >= 15 is 0 Å². The Morgan fingerprint density at radius 1 is 1.12 bits per heavy atom. The fourth-order valence-corrected chi connectivity index (χ4v) is 3.62. The second-order valence-corrected chi connectivity index (χ2v) is 7.62. The quantitative estimate of drug-likeness (QED) is 0.400. The second-order valence-electron chi connectivity index (χ2n) is 4.76. The van der Waals surface area contributed by atoms with Crippen molar-refractivity contribution >= 4 is 39.3 Å². The van der Waals surface area contributed by atoms with Crippen molar-refractivity contribution in [1.29, 1.82) is 0 Å². The summed E-state index contributed by atoms with van der Waals surface area (Å²) in [6.45, 7) is -0.162. The fourth-order valence-electron chi connectivity index (χ4n) is 1.86. The Kier molecular flexibility index (Phi) is 6.35. The highest BCUT2D eigenvalue weighted by molar-refractivity contribution is 7.92. The van der Waals surface area contributed by atoms with Crippen LogP contribution in [0.5, 0.6) is 0 Å². The molecule has 2 aromatic rings. The summed E-state index contributed by atoms with van der Waals surface area (Å²) in [7, 11) is -4.24. The molecule has 0 fully saturated rings. The minimum Gasteiger partial charge on any atom is -0.391 e. The van der Waals surface area contributed by atoms with Gasteiger partial charge in [-0.15, -0.1) is 0 Å². The van der Waals surface area contributed by atoms with Gasteiger partial charge in [-0.1, -0.05) is 52.6 Å². The first kappa shape index (κ1) is 19.2. The lowest BCUT2D eigenvalue weighted by Crippen LogP contribution is -2.31. The monoisotopic (exact) mass is 402 g/mol. The van der Waals surface area contributed by atoms with Gasteiger partial charge in [-0.3, -0.25) is 10.1 Å². The molecule has 0 heterocycles. The molecule has 0 aliphatic heterocycles. The van der Waals surface area contributed by atoms with E-state index in [9.17, 15) is 18.5 Å². The fraction of sp³-hybridized carbons (Fsp3) is 0.133. The number of hydrogen-bond acceptors (Lipinski definition) is 6. The van der Waals surface area contributed by atoms with E-state index in [0.717, 1.165) is 0 Å². The maximum Gasteiger partial charge on any atom is 0.352 e. The van der Waals surface area contributed by atoms with Gasteiger partial charge in [0.2, 0.25) is 0 Å². The SMILES string of the molecule is O=[N+]([O-])C(C=NOCc1c(Cl)cccc1Cl)S(=O)(=O)c1ccccc1. The number of nitro groups is 1. The standard InChI is InChI=1S/C15H12Cl2N2O5S/c16-13-7-4-8-14(17)12(13)10-24-18-9-15(19(20)21)25(22,23)11-5-2-1-3-6-11/h1-9,15H,10H2. The largest absolute Gasteiger partial charge is 0.391 e. The molecule has 25 heavy (non-hydrogen) atoms. The highest BCUT2D eigenvalue weighted by Gasteiger charge is 2.36. The van der Waals surface area contributed by atoms with E-state index in [4.69, 9.17) is 28.0 Å². The molecule has 10 heteroatoms. The zero-order chi connectivity index (χ0) is 18.4. The molecule has 0 bridgehead atoms. The zero-order valence-corrected chi connectivity index (χ0v) is 14.9. The van der Waals surface area contributed by atoms with Gasteiger partial charge in [0.05, 0.1) is 4.90 Å². The highest BCUT2D eigenvalue weighted by Crippen LogP contribution is 2.25. The summed E-state index contributed by atoms with van der Waals surface area (Å²) in [5.74, 6) is 0. The third-order valence-corrected chi connectivity index (χ3v) is 5.70. The topological polar surface area (TPSA) is 98.9 Å². The minimum absolute atomic E-state index is 0.162. The summed E-state index contributed by atoms with van der Waals surface area (Å²) in [5, 5.41) is 13.1. The Morgan fingerprint density at radius 3 is 2.28 bits per heavy atom. The Balaban J connectivity index is 2.15. The van der Waals surface area contributed by atoms with Crippen molar-refractivity contribution < 1.29 is 18.2 Å². The van der Waals surface area contributed by atoms with Crippen LogP contribution in [0, 0.1) is 10.1 Å². The van der Waals surface area contributed by atoms with Gasteiger partial charge in [-0.05, 0) is 24.3 Å². The number of halogens is 2. The van der Waals surface area contributed by atoms with E-state index < -0.39 is 20.1 Å². The summed E-state index contributed by atoms with van der Waals surface area (Å²) >= 11 is 11.9. The van der Waals surface area contributed by atoms with Crippen LogP contribution >= 0.6 is 23.2 Å². The number of rotatable bonds is 7. The molecule has 0 saturated heterocycles. The minimum atomic E-state index is -4.24. The van der Waals surface area contributed by atoms with Crippen LogP contribution in [0.1, 0.15) is 5.56 Å². The lowest BCUT2D eigenvalue weighted by molar-refractivity contribution is -0.478. The maximum absolute atomic E-state index is 12.3. The maximum atomic E-state index is 12.3. The van der Waals surface area contributed by atoms with E-state index in [1.807, 2.05) is 0 Å². The van der Waals surface area contributed by atoms with Crippen LogP contribution in [0.2, 0.25) is 10.0 Å². The highest BCUT2D eigenvalue weighted by atomic mass is 35.5. The van der Waals surface area contributed by atoms with Crippen LogP contribution in [0.4, 0.5) is 0 Å². The van der Waals surface area contributed by atoms with Crippen LogP contribution in [0.25, 0.3) is 0 Å². The smallest absolute Gasteiger partial charge is 0.352 e. The van der Waals surface area contributed by atoms with Crippen molar-refractivity contribution in [2.45, 2.75) is 16.9 Å². The molecule has 0 radical (unpaired) electrons. The summed E-state index contributed by atoms with van der Waals surface area (Å²) in [6.07, 6.45) is 0.618. The van der Waals surface area contributed by atoms with Crippen molar-refractivity contribution in [2.75, 3.05) is 0 Å². The average Bonchev–Trinajstić information content (AvgIpc) is 2.57. The first-order chi connectivity index (χ1) is 11.8. The normalized spacial score (nSPS) is 12.9. The van der Waals surface area contributed by atoms with Gasteiger partial charge in [0, 0.05) is 20.5 Å². The molecular weight excluding hydrogens is 391 g/mol. The lowest BCUT2D eigenvalue weighted by Gasteiger charge is -2.07. The van der Waals surface area contributed by atoms with Gasteiger partial charge in [-0.2, -0.15) is 0 Å². The van der Waals surface area contributed by atoms with Gasteiger partial charge < -0.3 is 4.84 Å². The molecule has 0 aromatic heterocycles. The summed E-state index contributed by atoms with van der Waals surface area (Å²) in [6, 6.07) is 11.9. The summed E-state index contributed by atoms with van der Waals surface area (Å²) in [4.78, 5) is 14.9. The molecule has 2 rings (SSSR count).